The van der Waals surface area contributed by atoms with E-state index in [1.165, 1.54) is 11.1 Å². The van der Waals surface area contributed by atoms with Crippen LogP contribution < -0.4 is 10.4 Å². The van der Waals surface area contributed by atoms with Crippen molar-refractivity contribution in [2.75, 3.05) is 11.6 Å². The van der Waals surface area contributed by atoms with E-state index in [-0.39, 0.29) is 5.91 Å². The maximum absolute atomic E-state index is 12.3. The molecule has 1 aliphatic heterocycles. The molecule has 0 fully saturated rings. The fraction of sp³-hybridized carbons (Fsp3) is 0.158. The molecule has 3 aromatic rings. The molecule has 0 unspecified atom stereocenters. The molecule has 0 spiro atoms. The molecule has 2 aromatic carbocycles. The first kappa shape index (κ1) is 13.8. The van der Waals surface area contributed by atoms with E-state index in [1.807, 2.05) is 35.3 Å². The molecule has 1 aliphatic rings. The lowest BCUT2D eigenvalue weighted by molar-refractivity contribution is 0.0949. The molecule has 0 bridgehead atoms. The first-order valence-corrected chi connectivity index (χ1v) is 7.74. The van der Waals surface area contributed by atoms with Crippen LogP contribution in [0.25, 0.3) is 10.9 Å². The fourth-order valence-corrected chi connectivity index (χ4v) is 2.95. The van der Waals surface area contributed by atoms with Gasteiger partial charge >= 0.3 is 0 Å². The Morgan fingerprint density at radius 1 is 1.13 bits per heavy atom. The molecule has 114 valence electrons. The Morgan fingerprint density at radius 2 is 1.96 bits per heavy atom. The molecule has 0 saturated carbocycles. The van der Waals surface area contributed by atoms with E-state index in [4.69, 9.17) is 4.98 Å². The smallest absolute Gasteiger partial charge is 0.267 e. The lowest BCUT2D eigenvalue weighted by Crippen LogP contribution is -2.41. The Balaban J connectivity index is 1.66. The van der Waals surface area contributed by atoms with Gasteiger partial charge in [-0.2, -0.15) is 0 Å². The van der Waals surface area contributed by atoms with E-state index in [1.54, 1.807) is 0 Å². The molecule has 1 amide bonds. The van der Waals surface area contributed by atoms with E-state index < -0.39 is 0 Å². The van der Waals surface area contributed by atoms with Gasteiger partial charge in [-0.15, -0.1) is 0 Å². The minimum atomic E-state index is -0.107. The second-order valence-electron chi connectivity index (χ2n) is 5.88. The van der Waals surface area contributed by atoms with E-state index in [2.05, 4.69) is 36.6 Å². The molecule has 0 aliphatic carbocycles. The summed E-state index contributed by atoms with van der Waals surface area (Å²) in [7, 11) is 0. The Labute approximate surface area is 134 Å². The van der Waals surface area contributed by atoms with Crippen LogP contribution in [0.5, 0.6) is 0 Å². The zero-order chi connectivity index (χ0) is 15.8. The second-order valence-corrected chi connectivity index (χ2v) is 5.88. The molecule has 4 nitrogen and oxygen atoms in total. The lowest BCUT2D eigenvalue weighted by atomic mass is 10.1. The number of anilines is 1. The molecule has 2 heterocycles. The quantitative estimate of drug-likeness (QED) is 0.790. The fourth-order valence-electron chi connectivity index (χ4n) is 2.95. The third kappa shape index (κ3) is 2.52. The summed E-state index contributed by atoms with van der Waals surface area (Å²) in [5, 5.41) is 3.00. The van der Waals surface area contributed by atoms with Crippen molar-refractivity contribution in [2.24, 2.45) is 0 Å². The van der Waals surface area contributed by atoms with Gasteiger partial charge in [-0.05, 0) is 48.7 Å². The van der Waals surface area contributed by atoms with Crippen LogP contribution in [0.3, 0.4) is 0 Å². The molecule has 4 heteroatoms. The van der Waals surface area contributed by atoms with E-state index in [9.17, 15) is 4.79 Å². The average molecular weight is 303 g/mol. The summed E-state index contributed by atoms with van der Waals surface area (Å²) in [6.07, 6.45) is 0.890. The normalized spacial score (nSPS) is 13.2. The summed E-state index contributed by atoms with van der Waals surface area (Å²) < 4.78 is 0. The van der Waals surface area contributed by atoms with Gasteiger partial charge in [-0.3, -0.25) is 15.2 Å². The van der Waals surface area contributed by atoms with E-state index in [0.29, 0.717) is 5.56 Å². The monoisotopic (exact) mass is 303 g/mol. The number of hydrogen-bond donors (Lipinski definition) is 1. The minimum Gasteiger partial charge on any atom is -0.267 e. The molecular formula is C19H17N3O. The Bertz CT molecular complexity index is 890. The topological polar surface area (TPSA) is 45.2 Å². The van der Waals surface area contributed by atoms with Gasteiger partial charge in [-0.25, -0.2) is 4.98 Å². The zero-order valence-electron chi connectivity index (χ0n) is 12.9. The summed E-state index contributed by atoms with van der Waals surface area (Å²) >= 11 is 0. The van der Waals surface area contributed by atoms with Gasteiger partial charge < -0.3 is 0 Å². The maximum atomic E-state index is 12.3. The molecule has 1 N–H and O–H groups in total. The molecule has 0 atom stereocenters. The summed E-state index contributed by atoms with van der Waals surface area (Å²) in [4.78, 5) is 17.1. The summed E-state index contributed by atoms with van der Waals surface area (Å²) in [6.45, 7) is 2.81. The highest BCUT2D eigenvalue weighted by molar-refractivity contribution is 5.95. The van der Waals surface area contributed by atoms with Crippen LogP contribution in [0.15, 0.2) is 54.6 Å². The van der Waals surface area contributed by atoms with Crippen molar-refractivity contribution in [1.29, 1.82) is 0 Å². The first-order chi connectivity index (χ1) is 11.2. The van der Waals surface area contributed by atoms with Gasteiger partial charge in [0.25, 0.3) is 5.91 Å². The summed E-state index contributed by atoms with van der Waals surface area (Å²) in [5.74, 6) is 0.747. The van der Waals surface area contributed by atoms with Crippen molar-refractivity contribution in [3.63, 3.8) is 0 Å². The van der Waals surface area contributed by atoms with E-state index >= 15 is 0 Å². The van der Waals surface area contributed by atoms with Crippen LogP contribution in [-0.4, -0.2) is 17.4 Å². The summed E-state index contributed by atoms with van der Waals surface area (Å²) in [5.41, 5.74) is 6.93. The van der Waals surface area contributed by atoms with Crippen molar-refractivity contribution < 1.29 is 4.79 Å². The molecule has 1 aromatic heterocycles. The van der Waals surface area contributed by atoms with Gasteiger partial charge in [0.15, 0.2) is 5.82 Å². The molecule has 0 saturated heterocycles. The maximum Gasteiger partial charge on any atom is 0.269 e. The zero-order valence-corrected chi connectivity index (χ0v) is 12.9. The van der Waals surface area contributed by atoms with Gasteiger partial charge in [-0.1, -0.05) is 30.3 Å². The second kappa shape index (κ2) is 5.39. The van der Waals surface area contributed by atoms with Gasteiger partial charge in [0.2, 0.25) is 0 Å². The Hall–Kier alpha value is -2.88. The number of aryl methyl sites for hydroxylation is 1. The van der Waals surface area contributed by atoms with Crippen molar-refractivity contribution in [3.8, 4) is 0 Å². The van der Waals surface area contributed by atoms with Crippen molar-refractivity contribution in [2.45, 2.75) is 13.3 Å². The molecule has 0 radical (unpaired) electrons. The number of nitrogens with zero attached hydrogens (tertiary/aromatic N) is 2. The third-order valence-electron chi connectivity index (χ3n) is 4.16. The number of benzene rings is 2. The highest BCUT2D eigenvalue weighted by Gasteiger charge is 2.23. The number of hydrogen-bond acceptors (Lipinski definition) is 3. The predicted octanol–water partition coefficient (Wildman–Crippen LogP) is 3.25. The predicted molar refractivity (Wildman–Crippen MR) is 91.4 cm³/mol. The number of pyridine rings is 1. The standard InChI is InChI=1S/C19H17N3O/c1-13-7-8-15-12-16-9-10-22(18(16)20-17(15)11-13)21-19(23)14-5-3-2-4-6-14/h2-8,11-12H,9-10H2,1H3,(H,21,23). The Morgan fingerprint density at radius 3 is 2.78 bits per heavy atom. The van der Waals surface area contributed by atoms with Crippen LogP contribution in [0, 0.1) is 6.92 Å². The molecular weight excluding hydrogens is 286 g/mol. The van der Waals surface area contributed by atoms with Crippen LogP contribution in [0.1, 0.15) is 21.5 Å². The highest BCUT2D eigenvalue weighted by Crippen LogP contribution is 2.28. The lowest BCUT2D eigenvalue weighted by Gasteiger charge is -2.19. The van der Waals surface area contributed by atoms with Gasteiger partial charge in [0.1, 0.15) is 0 Å². The molecule has 4 rings (SSSR count). The number of fused-ring (bicyclic) bond motifs is 2. The molecule has 23 heavy (non-hydrogen) atoms. The number of carbonyl (C=O) groups excluding carboxylic acids is 1. The average Bonchev–Trinajstić information content (AvgIpc) is 2.95. The van der Waals surface area contributed by atoms with Crippen molar-refractivity contribution >= 4 is 22.6 Å². The number of carbonyl (C=O) groups is 1. The van der Waals surface area contributed by atoms with Crippen molar-refractivity contribution in [3.05, 3.63) is 71.3 Å². The number of rotatable bonds is 2. The largest absolute Gasteiger partial charge is 0.269 e. The third-order valence-corrected chi connectivity index (χ3v) is 4.16. The van der Waals surface area contributed by atoms with Crippen molar-refractivity contribution in [1.82, 2.24) is 10.4 Å². The number of aromatic nitrogens is 1. The van der Waals surface area contributed by atoms with E-state index in [0.717, 1.165) is 29.7 Å². The Kier molecular flexibility index (Phi) is 3.23. The SMILES string of the molecule is Cc1ccc2cc3c(nc2c1)N(NC(=O)c1ccccc1)CC3. The highest BCUT2D eigenvalue weighted by atomic mass is 16.2. The number of amides is 1. The van der Waals surface area contributed by atoms with Crippen LogP contribution in [-0.2, 0) is 6.42 Å². The van der Waals surface area contributed by atoms with Gasteiger partial charge in [0, 0.05) is 17.5 Å². The minimum absolute atomic E-state index is 0.107. The van der Waals surface area contributed by atoms with Crippen LogP contribution in [0.4, 0.5) is 5.82 Å². The van der Waals surface area contributed by atoms with Crippen LogP contribution >= 0.6 is 0 Å². The van der Waals surface area contributed by atoms with Crippen LogP contribution in [0.2, 0.25) is 0 Å². The van der Waals surface area contributed by atoms with Gasteiger partial charge in [0.05, 0.1) is 5.52 Å². The first-order valence-electron chi connectivity index (χ1n) is 7.74. The summed E-state index contributed by atoms with van der Waals surface area (Å²) in [6, 6.07) is 17.7. The number of hydrazine groups is 1. The number of nitrogens with one attached hydrogen (secondary N) is 1.